The van der Waals surface area contributed by atoms with E-state index in [0.29, 0.717) is 44.3 Å². The fourth-order valence-corrected chi connectivity index (χ4v) is 4.22. The molecule has 0 spiro atoms. The van der Waals surface area contributed by atoms with Crippen LogP contribution in [-0.4, -0.2) is 54.4 Å². The third kappa shape index (κ3) is 3.30. The number of benzene rings is 1. The smallest absolute Gasteiger partial charge is 0.209 e. The number of amides is 1. The number of hydrogen-bond donors (Lipinski definition) is 2. The van der Waals surface area contributed by atoms with Crippen LogP contribution in [0.4, 0.5) is 4.39 Å². The van der Waals surface area contributed by atoms with Crippen LogP contribution in [0.2, 0.25) is 0 Å². The van der Waals surface area contributed by atoms with Crippen LogP contribution >= 0.6 is 0 Å². The van der Waals surface area contributed by atoms with E-state index < -0.39 is 0 Å². The Morgan fingerprint density at radius 1 is 1.30 bits per heavy atom. The highest BCUT2D eigenvalue weighted by atomic mass is 19.1. The van der Waals surface area contributed by atoms with Crippen LogP contribution in [0.5, 0.6) is 5.75 Å². The summed E-state index contributed by atoms with van der Waals surface area (Å²) < 4.78 is 20.0. The topological polar surface area (TPSA) is 81.6 Å². The van der Waals surface area contributed by atoms with Crippen molar-refractivity contribution in [2.24, 2.45) is 10.1 Å². The second-order valence-corrected chi connectivity index (χ2v) is 7.54. The van der Waals surface area contributed by atoms with E-state index in [4.69, 9.17) is 4.74 Å². The number of fused-ring (bicyclic) bond motifs is 2. The largest absolute Gasteiger partial charge is 0.493 e. The Hall–Kier alpha value is -3.36. The zero-order chi connectivity index (χ0) is 20.5. The SMILES string of the molecule is O=CN1CCC=C(C2=CN=C(NCc3c(F)ccc4c3CCO4)N3CNN=C23)CC1. The van der Waals surface area contributed by atoms with E-state index in [9.17, 15) is 9.18 Å². The third-order valence-electron chi connectivity index (χ3n) is 5.82. The first-order valence-electron chi connectivity index (χ1n) is 10.2. The average Bonchev–Trinajstić information content (AvgIpc) is 3.38. The van der Waals surface area contributed by atoms with Gasteiger partial charge in [-0.3, -0.25) is 15.1 Å². The summed E-state index contributed by atoms with van der Waals surface area (Å²) in [5.41, 5.74) is 6.65. The quantitative estimate of drug-likeness (QED) is 0.735. The molecule has 0 radical (unpaired) electrons. The Bertz CT molecular complexity index is 999. The Morgan fingerprint density at radius 2 is 2.23 bits per heavy atom. The molecule has 4 aliphatic heterocycles. The normalized spacial score (nSPS) is 20.0. The molecule has 30 heavy (non-hydrogen) atoms. The highest BCUT2D eigenvalue weighted by molar-refractivity contribution is 6.13. The zero-order valence-electron chi connectivity index (χ0n) is 16.5. The molecule has 4 heterocycles. The number of amidine groups is 1. The van der Waals surface area contributed by atoms with E-state index in [1.54, 1.807) is 11.0 Å². The summed E-state index contributed by atoms with van der Waals surface area (Å²) in [7, 11) is 0. The number of nitrogens with zero attached hydrogens (tertiary/aromatic N) is 4. The molecule has 0 atom stereocenters. The maximum atomic E-state index is 14.4. The van der Waals surface area contributed by atoms with Crippen molar-refractivity contribution in [3.8, 4) is 5.75 Å². The lowest BCUT2D eigenvalue weighted by Crippen LogP contribution is -2.46. The molecule has 1 aromatic carbocycles. The Kier molecular flexibility index (Phi) is 4.86. The summed E-state index contributed by atoms with van der Waals surface area (Å²) >= 11 is 0. The highest BCUT2D eigenvalue weighted by Gasteiger charge is 2.31. The molecule has 0 fully saturated rings. The maximum absolute atomic E-state index is 14.4. The van der Waals surface area contributed by atoms with Crippen LogP contribution in [0.1, 0.15) is 24.0 Å². The van der Waals surface area contributed by atoms with Gasteiger partial charge in [0.25, 0.3) is 0 Å². The second kappa shape index (κ2) is 7.81. The van der Waals surface area contributed by atoms with Crippen molar-refractivity contribution in [1.82, 2.24) is 20.5 Å². The molecule has 0 saturated carbocycles. The number of hydrogen-bond acceptors (Lipinski definition) is 7. The molecular formula is C21H23FN6O2. The fourth-order valence-electron chi connectivity index (χ4n) is 4.22. The summed E-state index contributed by atoms with van der Waals surface area (Å²) in [6.07, 6.45) is 7.15. The number of hydrazone groups is 1. The number of carbonyl (C=O) groups is 1. The van der Waals surface area contributed by atoms with Gasteiger partial charge in [0.1, 0.15) is 18.2 Å². The van der Waals surface area contributed by atoms with Gasteiger partial charge in [0.05, 0.1) is 6.61 Å². The molecule has 0 unspecified atom stereocenters. The van der Waals surface area contributed by atoms with E-state index >= 15 is 0 Å². The summed E-state index contributed by atoms with van der Waals surface area (Å²) in [6.45, 7) is 2.80. The van der Waals surface area contributed by atoms with Crippen LogP contribution in [0.15, 0.2) is 45.6 Å². The lowest BCUT2D eigenvalue weighted by Gasteiger charge is -2.27. The van der Waals surface area contributed by atoms with Gasteiger partial charge in [0.15, 0.2) is 5.84 Å². The van der Waals surface area contributed by atoms with Crippen LogP contribution in [0, 0.1) is 5.82 Å². The molecule has 1 amide bonds. The predicted octanol–water partition coefficient (Wildman–Crippen LogP) is 1.46. The van der Waals surface area contributed by atoms with Gasteiger partial charge in [-0.15, -0.1) is 0 Å². The molecule has 9 heteroatoms. The first-order valence-corrected chi connectivity index (χ1v) is 10.2. The van der Waals surface area contributed by atoms with Crippen molar-refractivity contribution < 1.29 is 13.9 Å². The minimum atomic E-state index is -0.240. The lowest BCUT2D eigenvalue weighted by atomic mass is 10.0. The van der Waals surface area contributed by atoms with Gasteiger partial charge in [0, 0.05) is 49.0 Å². The highest BCUT2D eigenvalue weighted by Crippen LogP contribution is 2.30. The molecule has 2 N–H and O–H groups in total. The number of halogens is 1. The van der Waals surface area contributed by atoms with Gasteiger partial charge in [-0.2, -0.15) is 5.10 Å². The number of nitrogens with one attached hydrogen (secondary N) is 2. The van der Waals surface area contributed by atoms with Gasteiger partial charge >= 0.3 is 0 Å². The van der Waals surface area contributed by atoms with E-state index in [0.717, 1.165) is 54.1 Å². The first kappa shape index (κ1) is 18.7. The molecule has 0 aliphatic carbocycles. The van der Waals surface area contributed by atoms with Crippen molar-refractivity contribution in [1.29, 1.82) is 0 Å². The van der Waals surface area contributed by atoms with Crippen molar-refractivity contribution in [3.63, 3.8) is 0 Å². The van der Waals surface area contributed by atoms with Crippen molar-refractivity contribution in [2.45, 2.75) is 25.8 Å². The molecule has 4 aliphatic rings. The molecule has 0 saturated heterocycles. The maximum Gasteiger partial charge on any atom is 0.209 e. The van der Waals surface area contributed by atoms with Crippen LogP contribution in [0.25, 0.3) is 0 Å². The monoisotopic (exact) mass is 410 g/mol. The Balaban J connectivity index is 1.36. The Labute approximate surface area is 173 Å². The van der Waals surface area contributed by atoms with Crippen LogP contribution < -0.4 is 15.5 Å². The molecule has 5 rings (SSSR count). The number of aliphatic imine (C=N–C) groups is 1. The van der Waals surface area contributed by atoms with Gasteiger partial charge in [-0.1, -0.05) is 6.08 Å². The molecule has 1 aromatic rings. The van der Waals surface area contributed by atoms with Crippen LogP contribution in [0.3, 0.4) is 0 Å². The minimum absolute atomic E-state index is 0.240. The number of ether oxygens (including phenoxy) is 1. The van der Waals surface area contributed by atoms with Crippen molar-refractivity contribution in [3.05, 3.63) is 52.5 Å². The van der Waals surface area contributed by atoms with Gasteiger partial charge in [-0.05, 0) is 30.5 Å². The number of carbonyl (C=O) groups excluding carboxylic acids is 1. The fraction of sp³-hybridized carbons (Fsp3) is 0.381. The summed E-state index contributed by atoms with van der Waals surface area (Å²) in [4.78, 5) is 19.4. The molecular weight excluding hydrogens is 387 g/mol. The molecule has 0 aromatic heterocycles. The van der Waals surface area contributed by atoms with Gasteiger partial charge in [0.2, 0.25) is 12.4 Å². The molecule has 156 valence electrons. The van der Waals surface area contributed by atoms with Gasteiger partial charge < -0.3 is 15.0 Å². The summed E-state index contributed by atoms with van der Waals surface area (Å²) in [5.74, 6) is 1.94. The van der Waals surface area contributed by atoms with E-state index in [1.807, 2.05) is 11.1 Å². The van der Waals surface area contributed by atoms with Crippen molar-refractivity contribution in [2.75, 3.05) is 26.4 Å². The van der Waals surface area contributed by atoms with E-state index in [-0.39, 0.29) is 5.82 Å². The standard InChI is InChI=1S/C21H23FN6O2/c22-18-3-4-19-15(6-9-30-19)17(18)11-24-21-23-10-16(20-26-25-12-28(20)21)14-2-1-7-27(13-29)8-5-14/h2-4,10,13,25H,1,5-9,11-12H2,(H,23,24). The molecule has 0 bridgehead atoms. The van der Waals surface area contributed by atoms with Crippen LogP contribution in [-0.2, 0) is 17.8 Å². The van der Waals surface area contributed by atoms with E-state index in [2.05, 4.69) is 26.9 Å². The Morgan fingerprint density at radius 3 is 3.13 bits per heavy atom. The predicted molar refractivity (Wildman–Crippen MR) is 110 cm³/mol. The number of guanidine groups is 1. The third-order valence-corrected chi connectivity index (χ3v) is 5.82. The van der Waals surface area contributed by atoms with Crippen molar-refractivity contribution >= 4 is 18.2 Å². The van der Waals surface area contributed by atoms with E-state index in [1.165, 1.54) is 6.07 Å². The first-order chi connectivity index (χ1) is 14.7. The molecule has 8 nitrogen and oxygen atoms in total. The minimum Gasteiger partial charge on any atom is -0.493 e. The lowest BCUT2D eigenvalue weighted by molar-refractivity contribution is -0.118. The number of rotatable bonds is 4. The summed E-state index contributed by atoms with van der Waals surface area (Å²) in [6, 6.07) is 3.14. The second-order valence-electron chi connectivity index (χ2n) is 7.54. The zero-order valence-corrected chi connectivity index (χ0v) is 16.5. The summed E-state index contributed by atoms with van der Waals surface area (Å²) in [5, 5.41) is 7.72. The van der Waals surface area contributed by atoms with Gasteiger partial charge in [-0.25, -0.2) is 9.38 Å². The average molecular weight is 410 g/mol.